The number of hydrogen-bond acceptors (Lipinski definition) is 5. The Balaban J connectivity index is 1.68. The van der Waals surface area contributed by atoms with Gasteiger partial charge in [0.1, 0.15) is 5.69 Å². The summed E-state index contributed by atoms with van der Waals surface area (Å²) in [6.07, 6.45) is 4.52. The molecule has 24 heavy (non-hydrogen) atoms. The number of carbonyl (C=O) groups is 1. The zero-order chi connectivity index (χ0) is 16.9. The normalized spacial score (nSPS) is 15.3. The van der Waals surface area contributed by atoms with Crippen LogP contribution in [0, 0.1) is 6.92 Å². The van der Waals surface area contributed by atoms with Crippen molar-refractivity contribution in [3.05, 3.63) is 48.0 Å². The van der Waals surface area contributed by atoms with E-state index in [0.29, 0.717) is 5.69 Å². The third-order valence-corrected chi connectivity index (χ3v) is 4.41. The highest BCUT2D eigenvalue weighted by molar-refractivity contribution is 6.02. The molecular weight excluding hydrogens is 302 g/mol. The lowest BCUT2D eigenvalue weighted by atomic mass is 10.1. The van der Waals surface area contributed by atoms with Crippen molar-refractivity contribution in [2.75, 3.05) is 42.9 Å². The first-order chi connectivity index (χ1) is 11.7. The van der Waals surface area contributed by atoms with Crippen molar-refractivity contribution in [1.82, 2.24) is 14.9 Å². The van der Waals surface area contributed by atoms with E-state index in [1.165, 1.54) is 18.1 Å². The molecule has 6 heteroatoms. The van der Waals surface area contributed by atoms with Crippen molar-refractivity contribution >= 4 is 17.3 Å². The lowest BCUT2D eigenvalue weighted by molar-refractivity contribution is 0.102. The molecular formula is C18H23N5O. The molecule has 2 aromatic rings. The van der Waals surface area contributed by atoms with E-state index in [1.54, 1.807) is 6.20 Å². The second-order valence-corrected chi connectivity index (χ2v) is 5.97. The van der Waals surface area contributed by atoms with Gasteiger partial charge in [-0.15, -0.1) is 0 Å². The summed E-state index contributed by atoms with van der Waals surface area (Å²) in [4.78, 5) is 25.0. The number of likely N-dealkylation sites (N-methyl/N-ethyl adjacent to an activating group) is 1. The van der Waals surface area contributed by atoms with Crippen LogP contribution in [0.5, 0.6) is 0 Å². The lowest BCUT2D eigenvalue weighted by Crippen LogP contribution is -2.46. The number of hydrogen-bond donors (Lipinski definition) is 1. The van der Waals surface area contributed by atoms with Crippen molar-refractivity contribution in [1.29, 1.82) is 0 Å². The van der Waals surface area contributed by atoms with Crippen LogP contribution in [0.4, 0.5) is 11.4 Å². The Hall–Kier alpha value is -2.47. The van der Waals surface area contributed by atoms with E-state index in [2.05, 4.69) is 45.0 Å². The van der Waals surface area contributed by atoms with Gasteiger partial charge >= 0.3 is 0 Å². The van der Waals surface area contributed by atoms with Crippen LogP contribution in [-0.4, -0.2) is 53.5 Å². The molecule has 1 aromatic carbocycles. The van der Waals surface area contributed by atoms with E-state index in [1.807, 2.05) is 12.1 Å². The largest absolute Gasteiger partial charge is 0.369 e. The summed E-state index contributed by atoms with van der Waals surface area (Å²) in [7, 11) is 0. The predicted octanol–water partition coefficient (Wildman–Crippen LogP) is 2.18. The zero-order valence-electron chi connectivity index (χ0n) is 14.2. The molecule has 0 aliphatic carbocycles. The zero-order valence-corrected chi connectivity index (χ0v) is 14.2. The highest BCUT2D eigenvalue weighted by Gasteiger charge is 2.17. The van der Waals surface area contributed by atoms with E-state index < -0.39 is 0 Å². The number of nitrogens with one attached hydrogen (secondary N) is 1. The van der Waals surface area contributed by atoms with Gasteiger partial charge in [-0.1, -0.05) is 6.92 Å². The van der Waals surface area contributed by atoms with Crippen molar-refractivity contribution in [2.45, 2.75) is 13.8 Å². The highest BCUT2D eigenvalue weighted by Crippen LogP contribution is 2.25. The quantitative estimate of drug-likeness (QED) is 0.933. The maximum Gasteiger partial charge on any atom is 0.275 e. The van der Waals surface area contributed by atoms with Gasteiger partial charge in [0.2, 0.25) is 0 Å². The number of nitrogens with zero attached hydrogens (tertiary/aromatic N) is 4. The summed E-state index contributed by atoms with van der Waals surface area (Å²) in [5.74, 6) is -0.244. The first-order valence-electron chi connectivity index (χ1n) is 8.32. The minimum absolute atomic E-state index is 0.244. The molecule has 1 N–H and O–H groups in total. The number of rotatable bonds is 4. The van der Waals surface area contributed by atoms with E-state index in [4.69, 9.17) is 0 Å². The number of anilines is 2. The summed E-state index contributed by atoms with van der Waals surface area (Å²) >= 11 is 0. The second-order valence-electron chi connectivity index (χ2n) is 5.97. The van der Waals surface area contributed by atoms with E-state index >= 15 is 0 Å². The van der Waals surface area contributed by atoms with E-state index in [0.717, 1.165) is 44.0 Å². The van der Waals surface area contributed by atoms with Gasteiger partial charge in [0.15, 0.2) is 0 Å². The lowest BCUT2D eigenvalue weighted by Gasteiger charge is -2.36. The predicted molar refractivity (Wildman–Crippen MR) is 95.5 cm³/mol. The van der Waals surface area contributed by atoms with Crippen molar-refractivity contribution in [3.8, 4) is 0 Å². The molecule has 1 aliphatic heterocycles. The minimum atomic E-state index is -0.244. The van der Waals surface area contributed by atoms with Gasteiger partial charge < -0.3 is 15.1 Å². The Morgan fingerprint density at radius 3 is 2.62 bits per heavy atom. The van der Waals surface area contributed by atoms with Gasteiger partial charge in [-0.3, -0.25) is 9.78 Å². The molecule has 126 valence electrons. The van der Waals surface area contributed by atoms with Gasteiger partial charge in [0.25, 0.3) is 5.91 Å². The summed E-state index contributed by atoms with van der Waals surface area (Å²) in [5, 5.41) is 2.88. The van der Waals surface area contributed by atoms with Crippen LogP contribution >= 0.6 is 0 Å². The van der Waals surface area contributed by atoms with Crippen LogP contribution in [0.25, 0.3) is 0 Å². The molecule has 0 bridgehead atoms. The molecule has 1 aliphatic rings. The molecule has 0 atom stereocenters. The maximum atomic E-state index is 12.2. The van der Waals surface area contributed by atoms with Crippen molar-refractivity contribution in [3.63, 3.8) is 0 Å². The number of benzene rings is 1. The first-order valence-corrected chi connectivity index (χ1v) is 8.32. The Labute approximate surface area is 142 Å². The summed E-state index contributed by atoms with van der Waals surface area (Å²) < 4.78 is 0. The van der Waals surface area contributed by atoms with Crippen LogP contribution < -0.4 is 10.2 Å². The monoisotopic (exact) mass is 325 g/mol. The molecule has 2 heterocycles. The average Bonchev–Trinajstić information content (AvgIpc) is 2.63. The van der Waals surface area contributed by atoms with Crippen LogP contribution in [0.3, 0.4) is 0 Å². The smallest absolute Gasteiger partial charge is 0.275 e. The van der Waals surface area contributed by atoms with Gasteiger partial charge in [-0.25, -0.2) is 4.98 Å². The summed E-state index contributed by atoms with van der Waals surface area (Å²) in [6.45, 7) is 9.68. The average molecular weight is 325 g/mol. The number of carbonyl (C=O) groups excluding carboxylic acids is 1. The third-order valence-electron chi connectivity index (χ3n) is 4.41. The fourth-order valence-corrected chi connectivity index (χ4v) is 3.00. The third kappa shape index (κ3) is 3.71. The molecule has 1 aromatic heterocycles. The van der Waals surface area contributed by atoms with E-state index in [9.17, 15) is 4.79 Å². The Bertz CT molecular complexity index is 696. The molecule has 0 radical (unpaired) electrons. The fraction of sp³-hybridized carbons (Fsp3) is 0.389. The molecule has 1 amide bonds. The molecule has 1 fully saturated rings. The Morgan fingerprint density at radius 1 is 1.21 bits per heavy atom. The number of amides is 1. The topological polar surface area (TPSA) is 61.4 Å². The minimum Gasteiger partial charge on any atom is -0.369 e. The summed E-state index contributed by atoms with van der Waals surface area (Å²) in [6, 6.07) is 6.04. The van der Waals surface area contributed by atoms with Gasteiger partial charge in [0, 0.05) is 49.9 Å². The van der Waals surface area contributed by atoms with Gasteiger partial charge in [0.05, 0.1) is 6.20 Å². The maximum absolute atomic E-state index is 12.2. The number of aromatic nitrogens is 2. The molecule has 6 nitrogen and oxygen atoms in total. The molecule has 3 rings (SSSR count). The Kier molecular flexibility index (Phi) is 5.05. The first kappa shape index (κ1) is 16.4. The second kappa shape index (κ2) is 7.40. The van der Waals surface area contributed by atoms with Gasteiger partial charge in [-0.05, 0) is 37.2 Å². The van der Waals surface area contributed by atoms with Crippen LogP contribution in [-0.2, 0) is 0 Å². The van der Waals surface area contributed by atoms with E-state index in [-0.39, 0.29) is 5.91 Å². The fourth-order valence-electron chi connectivity index (χ4n) is 3.00. The summed E-state index contributed by atoms with van der Waals surface area (Å²) in [5.41, 5.74) is 3.49. The Morgan fingerprint density at radius 2 is 2.00 bits per heavy atom. The van der Waals surface area contributed by atoms with Gasteiger partial charge in [-0.2, -0.15) is 0 Å². The highest BCUT2D eigenvalue weighted by atomic mass is 16.1. The van der Waals surface area contributed by atoms with Crippen LogP contribution in [0.2, 0.25) is 0 Å². The van der Waals surface area contributed by atoms with Crippen molar-refractivity contribution < 1.29 is 4.79 Å². The molecule has 0 unspecified atom stereocenters. The van der Waals surface area contributed by atoms with Crippen LogP contribution in [0.15, 0.2) is 36.8 Å². The van der Waals surface area contributed by atoms with Crippen molar-refractivity contribution in [2.24, 2.45) is 0 Å². The van der Waals surface area contributed by atoms with Crippen LogP contribution in [0.1, 0.15) is 23.0 Å². The SMILES string of the molecule is CCN1CCN(c2ccc(NC(=O)c3cnccn3)cc2C)CC1. The molecule has 1 saturated heterocycles. The number of piperazine rings is 1. The number of aryl methyl sites for hydroxylation is 1. The molecule has 0 spiro atoms. The molecule has 0 saturated carbocycles. The standard InChI is InChI=1S/C18H23N5O/c1-3-22-8-10-23(11-9-22)17-5-4-15(12-14(17)2)21-18(24)16-13-19-6-7-20-16/h4-7,12-13H,3,8-11H2,1-2H3,(H,21,24).